The van der Waals surface area contributed by atoms with E-state index in [0.29, 0.717) is 62.5 Å². The van der Waals surface area contributed by atoms with Gasteiger partial charge in [0.15, 0.2) is 0 Å². The largest absolute Gasteiger partial charge is 0.387 e. The minimum atomic E-state index is -3.60. The van der Waals surface area contributed by atoms with Gasteiger partial charge in [-0.15, -0.1) is 0 Å². The van der Waals surface area contributed by atoms with E-state index in [1.165, 1.54) is 4.31 Å². The Bertz CT molecular complexity index is 1300. The topological polar surface area (TPSA) is 122 Å². The predicted molar refractivity (Wildman–Crippen MR) is 149 cm³/mol. The summed E-state index contributed by atoms with van der Waals surface area (Å²) in [7, 11) is -3.60. The lowest BCUT2D eigenvalue weighted by molar-refractivity contribution is -0.127. The summed E-state index contributed by atoms with van der Waals surface area (Å²) in [6.45, 7) is 6.40. The van der Waals surface area contributed by atoms with Crippen molar-refractivity contribution in [2.75, 3.05) is 26.2 Å². The molecule has 9 heteroatoms. The van der Waals surface area contributed by atoms with Crippen LogP contribution in [0.2, 0.25) is 0 Å². The van der Waals surface area contributed by atoms with Crippen molar-refractivity contribution in [3.63, 3.8) is 0 Å². The molecule has 1 saturated heterocycles. The van der Waals surface area contributed by atoms with Crippen molar-refractivity contribution in [3.05, 3.63) is 53.6 Å². The Morgan fingerprint density at radius 3 is 2.41 bits per heavy atom. The van der Waals surface area contributed by atoms with Gasteiger partial charge in [0.2, 0.25) is 15.9 Å². The Kier molecular flexibility index (Phi) is 8.46. The van der Waals surface area contributed by atoms with Gasteiger partial charge in [0, 0.05) is 49.8 Å². The number of nitrogens with zero attached hydrogens (tertiary/aromatic N) is 3. The third-order valence-electron chi connectivity index (χ3n) is 6.85. The zero-order valence-electron chi connectivity index (χ0n) is 21.7. The standard InChI is InChI=1S/C28H37N5O3S/c1-3-12-32(13-4-2)28(34)23-16-22-9-8-21(18-26(22)31-27(30)19-23)20-6-5-7-25(17-20)37(35,36)33-14-10-24(29)11-15-33/h5-9,16-18,24H,3-4,10-15,19,29H2,1-2H3,(H2,30,31). The van der Waals surface area contributed by atoms with Crippen LogP contribution in [0.4, 0.5) is 5.69 Å². The number of benzene rings is 2. The maximum Gasteiger partial charge on any atom is 0.250 e. The first-order chi connectivity index (χ1) is 17.7. The molecule has 4 N–H and O–H groups in total. The van der Waals surface area contributed by atoms with E-state index in [0.717, 1.165) is 29.5 Å². The number of carbonyl (C=O) groups is 1. The van der Waals surface area contributed by atoms with Crippen molar-refractivity contribution in [1.29, 1.82) is 0 Å². The summed E-state index contributed by atoms with van der Waals surface area (Å²) in [5, 5.41) is 0. The zero-order valence-corrected chi connectivity index (χ0v) is 22.5. The number of aliphatic imine (C=N–C) groups is 1. The van der Waals surface area contributed by atoms with Crippen molar-refractivity contribution in [3.8, 4) is 11.1 Å². The molecule has 37 heavy (non-hydrogen) atoms. The highest BCUT2D eigenvalue weighted by atomic mass is 32.2. The van der Waals surface area contributed by atoms with Crippen molar-refractivity contribution >= 4 is 33.5 Å². The molecule has 2 aromatic rings. The molecule has 2 aliphatic heterocycles. The van der Waals surface area contributed by atoms with Crippen molar-refractivity contribution in [2.45, 2.75) is 56.9 Å². The normalized spacial score (nSPS) is 16.9. The first-order valence-electron chi connectivity index (χ1n) is 13.1. The zero-order chi connectivity index (χ0) is 26.6. The van der Waals surface area contributed by atoms with Gasteiger partial charge < -0.3 is 16.4 Å². The maximum atomic E-state index is 13.2. The van der Waals surface area contributed by atoms with Crippen LogP contribution in [-0.4, -0.2) is 61.6 Å². The van der Waals surface area contributed by atoms with Crippen molar-refractivity contribution in [2.24, 2.45) is 16.5 Å². The Morgan fingerprint density at radius 1 is 1.05 bits per heavy atom. The summed E-state index contributed by atoms with van der Waals surface area (Å²) in [4.78, 5) is 20.0. The number of hydrogen-bond acceptors (Lipinski definition) is 6. The second kappa shape index (κ2) is 11.6. The average molecular weight is 524 g/mol. The summed E-state index contributed by atoms with van der Waals surface area (Å²) in [5.41, 5.74) is 15.9. The van der Waals surface area contributed by atoms with Crippen LogP contribution in [0.25, 0.3) is 17.2 Å². The molecule has 2 aromatic carbocycles. The van der Waals surface area contributed by atoms with Gasteiger partial charge >= 0.3 is 0 Å². The van der Waals surface area contributed by atoms with E-state index < -0.39 is 10.0 Å². The molecule has 1 amide bonds. The molecule has 8 nitrogen and oxygen atoms in total. The second-order valence-electron chi connectivity index (χ2n) is 9.78. The fraction of sp³-hybridized carbons (Fsp3) is 0.429. The van der Waals surface area contributed by atoms with Crippen LogP contribution in [0.5, 0.6) is 0 Å². The van der Waals surface area contributed by atoms with Crippen LogP contribution in [0.3, 0.4) is 0 Å². The number of amidine groups is 1. The maximum absolute atomic E-state index is 13.2. The van der Waals surface area contributed by atoms with Crippen LogP contribution >= 0.6 is 0 Å². The molecule has 0 spiro atoms. The monoisotopic (exact) mass is 523 g/mol. The molecule has 0 aromatic heterocycles. The van der Waals surface area contributed by atoms with Crippen LogP contribution in [0.1, 0.15) is 51.5 Å². The number of sulfonamides is 1. The molecule has 2 heterocycles. The van der Waals surface area contributed by atoms with Crippen molar-refractivity contribution < 1.29 is 13.2 Å². The van der Waals surface area contributed by atoms with E-state index >= 15 is 0 Å². The fourth-order valence-corrected chi connectivity index (χ4v) is 6.38. The molecule has 0 aliphatic carbocycles. The molecule has 0 bridgehead atoms. The van der Waals surface area contributed by atoms with E-state index in [9.17, 15) is 13.2 Å². The van der Waals surface area contributed by atoms with E-state index in [1.807, 2.05) is 35.2 Å². The van der Waals surface area contributed by atoms with Gasteiger partial charge in [-0.3, -0.25) is 4.79 Å². The van der Waals surface area contributed by atoms with Gasteiger partial charge in [-0.1, -0.05) is 38.1 Å². The van der Waals surface area contributed by atoms with Gasteiger partial charge in [-0.05, 0) is 61.1 Å². The smallest absolute Gasteiger partial charge is 0.250 e. The highest BCUT2D eigenvalue weighted by Gasteiger charge is 2.28. The summed E-state index contributed by atoms with van der Waals surface area (Å²) >= 11 is 0. The average Bonchev–Trinajstić information content (AvgIpc) is 3.06. The number of nitrogens with two attached hydrogens (primary N) is 2. The fourth-order valence-electron chi connectivity index (χ4n) is 4.87. The van der Waals surface area contributed by atoms with Gasteiger partial charge in [0.25, 0.3) is 0 Å². The predicted octanol–water partition coefficient (Wildman–Crippen LogP) is 3.89. The number of rotatable bonds is 8. The minimum absolute atomic E-state index is 0.00430. The molecule has 0 radical (unpaired) electrons. The van der Waals surface area contributed by atoms with E-state index in [-0.39, 0.29) is 16.8 Å². The van der Waals surface area contributed by atoms with Gasteiger partial charge in [-0.2, -0.15) is 4.31 Å². The van der Waals surface area contributed by atoms with Gasteiger partial charge in [0.05, 0.1) is 10.6 Å². The Morgan fingerprint density at radius 2 is 1.73 bits per heavy atom. The molecule has 0 unspecified atom stereocenters. The first kappa shape index (κ1) is 27.0. The van der Waals surface area contributed by atoms with Crippen molar-refractivity contribution in [1.82, 2.24) is 9.21 Å². The number of piperidine rings is 1. The third-order valence-corrected chi connectivity index (χ3v) is 8.74. The number of carbonyl (C=O) groups excluding carboxylic acids is 1. The van der Waals surface area contributed by atoms with E-state index in [2.05, 4.69) is 18.8 Å². The van der Waals surface area contributed by atoms with Crippen LogP contribution in [0, 0.1) is 0 Å². The summed E-state index contributed by atoms with van der Waals surface area (Å²) < 4.78 is 28.0. The quantitative estimate of drug-likeness (QED) is 0.544. The molecule has 2 aliphatic rings. The number of hydrogen-bond donors (Lipinski definition) is 2. The molecular formula is C28H37N5O3S. The van der Waals surface area contributed by atoms with Crippen LogP contribution < -0.4 is 11.5 Å². The van der Waals surface area contributed by atoms with Crippen LogP contribution in [-0.2, 0) is 14.8 Å². The van der Waals surface area contributed by atoms with Gasteiger partial charge in [-0.25, -0.2) is 13.4 Å². The summed E-state index contributed by atoms with van der Waals surface area (Å²) in [5.74, 6) is 0.374. The Hall–Kier alpha value is -3.01. The Balaban J connectivity index is 1.64. The second-order valence-corrected chi connectivity index (χ2v) is 11.7. The highest BCUT2D eigenvalue weighted by molar-refractivity contribution is 7.89. The van der Waals surface area contributed by atoms with Crippen LogP contribution in [0.15, 0.2) is 57.9 Å². The lowest BCUT2D eigenvalue weighted by atomic mass is 10.0. The molecule has 198 valence electrons. The first-order valence-corrected chi connectivity index (χ1v) is 14.5. The molecule has 0 saturated carbocycles. The Labute approximate surface area is 220 Å². The molecule has 4 rings (SSSR count). The van der Waals surface area contributed by atoms with Gasteiger partial charge in [0.1, 0.15) is 5.84 Å². The highest BCUT2D eigenvalue weighted by Crippen LogP contribution is 2.33. The SMILES string of the molecule is CCCN(CCC)C(=O)C1=Cc2ccc(-c3cccc(S(=O)(=O)N4CCC(N)CC4)c3)cc2N=C(N)C1. The lowest BCUT2D eigenvalue weighted by Gasteiger charge is -2.29. The summed E-state index contributed by atoms with van der Waals surface area (Å²) in [6, 6.07) is 12.8. The number of fused-ring (bicyclic) bond motifs is 1. The van der Waals surface area contributed by atoms with E-state index in [4.69, 9.17) is 11.5 Å². The minimum Gasteiger partial charge on any atom is -0.387 e. The third kappa shape index (κ3) is 6.11. The molecule has 1 fully saturated rings. The summed E-state index contributed by atoms with van der Waals surface area (Å²) in [6.07, 6.45) is 5.28. The molecule has 0 atom stereocenters. The van der Waals surface area contributed by atoms with E-state index in [1.54, 1.807) is 18.2 Å². The lowest BCUT2D eigenvalue weighted by Crippen LogP contribution is -2.42. The molecular weight excluding hydrogens is 486 g/mol. The number of amides is 1.